The molecule has 0 unspecified atom stereocenters. The van der Waals surface area contributed by atoms with Crippen molar-refractivity contribution in [2.75, 3.05) is 0 Å². The van der Waals surface area contributed by atoms with E-state index < -0.39 is 6.36 Å². The number of benzene rings is 1. The minimum absolute atomic E-state index is 0.185. The van der Waals surface area contributed by atoms with Gasteiger partial charge in [-0.1, -0.05) is 26.8 Å². The summed E-state index contributed by atoms with van der Waals surface area (Å²) in [4.78, 5) is 0. The van der Waals surface area contributed by atoms with Crippen LogP contribution in [0.3, 0.4) is 0 Å². The normalized spacial score (nSPS) is 12.5. The fraction of sp³-hybridized carbons (Fsp3) is 0.400. The molecule has 0 bridgehead atoms. The summed E-state index contributed by atoms with van der Waals surface area (Å²) in [6, 6.07) is 7.52. The van der Waals surface area contributed by atoms with Crippen molar-refractivity contribution in [2.45, 2.75) is 39.1 Å². The van der Waals surface area contributed by atoms with Crippen LogP contribution >= 0.6 is 0 Å². The number of alkyl halides is 3. The zero-order valence-corrected chi connectivity index (χ0v) is 12.6. The van der Waals surface area contributed by atoms with E-state index in [-0.39, 0.29) is 17.7 Å². The molecule has 2 aromatic rings. The average Bonchev–Trinajstić information content (AvgIpc) is 2.81. The molecular weight excluding hydrogens is 295 g/mol. The van der Waals surface area contributed by atoms with E-state index >= 15 is 0 Å². The van der Waals surface area contributed by atoms with Gasteiger partial charge in [0.2, 0.25) is 0 Å². The van der Waals surface area contributed by atoms with Gasteiger partial charge in [0, 0.05) is 18.0 Å². The summed E-state index contributed by atoms with van der Waals surface area (Å²) in [5.41, 5.74) is 7.53. The Hall–Kier alpha value is -2.02. The zero-order valence-electron chi connectivity index (χ0n) is 12.6. The molecule has 2 rings (SSSR count). The van der Waals surface area contributed by atoms with Gasteiger partial charge in [-0.05, 0) is 18.2 Å². The molecule has 0 amide bonds. The van der Waals surface area contributed by atoms with Crippen LogP contribution in [0.5, 0.6) is 5.75 Å². The van der Waals surface area contributed by atoms with Crippen LogP contribution in [-0.2, 0) is 12.0 Å². The maximum Gasteiger partial charge on any atom is 0.573 e. The Bertz CT molecular complexity index is 657. The van der Waals surface area contributed by atoms with E-state index in [2.05, 4.69) is 9.84 Å². The molecule has 4 nitrogen and oxygen atoms in total. The van der Waals surface area contributed by atoms with Gasteiger partial charge in [-0.3, -0.25) is 0 Å². The molecule has 0 saturated carbocycles. The highest BCUT2D eigenvalue weighted by Crippen LogP contribution is 2.27. The summed E-state index contributed by atoms with van der Waals surface area (Å²) in [6.07, 6.45) is -4.73. The third-order valence-electron chi connectivity index (χ3n) is 3.06. The summed E-state index contributed by atoms with van der Waals surface area (Å²) in [7, 11) is 0. The smallest absolute Gasteiger partial charge is 0.406 e. The van der Waals surface area contributed by atoms with Crippen LogP contribution in [0.15, 0.2) is 30.3 Å². The van der Waals surface area contributed by atoms with Crippen molar-refractivity contribution in [3.05, 3.63) is 41.7 Å². The van der Waals surface area contributed by atoms with Crippen LogP contribution < -0.4 is 10.5 Å². The molecule has 1 aromatic heterocycles. The predicted octanol–water partition coefficient (Wildman–Crippen LogP) is 3.53. The molecule has 120 valence electrons. The Balaban J connectivity index is 2.43. The van der Waals surface area contributed by atoms with Crippen molar-refractivity contribution < 1.29 is 17.9 Å². The second kappa shape index (κ2) is 5.64. The summed E-state index contributed by atoms with van der Waals surface area (Å²) in [5.74, 6) is -0.291. The van der Waals surface area contributed by atoms with Gasteiger partial charge >= 0.3 is 6.36 Å². The second-order valence-electron chi connectivity index (χ2n) is 5.93. The number of nitrogens with two attached hydrogens (primary N) is 1. The highest BCUT2D eigenvalue weighted by atomic mass is 19.4. The van der Waals surface area contributed by atoms with E-state index in [1.54, 1.807) is 10.7 Å². The monoisotopic (exact) mass is 313 g/mol. The molecule has 2 N–H and O–H groups in total. The molecule has 1 heterocycles. The highest BCUT2D eigenvalue weighted by Gasteiger charge is 2.31. The van der Waals surface area contributed by atoms with Crippen LogP contribution in [0.2, 0.25) is 0 Å². The summed E-state index contributed by atoms with van der Waals surface area (Å²) in [6.45, 7) is 6.24. The SMILES string of the molecule is CC(C)(C)c1cc(CN)n(-c2cccc(OC(F)(F)F)c2)n1. The van der Waals surface area contributed by atoms with E-state index in [1.165, 1.54) is 18.2 Å². The van der Waals surface area contributed by atoms with Gasteiger partial charge in [-0.25, -0.2) is 4.68 Å². The summed E-state index contributed by atoms with van der Waals surface area (Å²) >= 11 is 0. The number of hydrogen-bond acceptors (Lipinski definition) is 3. The van der Waals surface area contributed by atoms with Crippen molar-refractivity contribution >= 4 is 0 Å². The van der Waals surface area contributed by atoms with Gasteiger partial charge in [-0.15, -0.1) is 13.2 Å². The first-order valence-electron chi connectivity index (χ1n) is 6.76. The molecule has 0 aliphatic heterocycles. The van der Waals surface area contributed by atoms with Gasteiger partial charge in [0.05, 0.1) is 17.1 Å². The molecule has 0 fully saturated rings. The van der Waals surface area contributed by atoms with Crippen LogP contribution in [0, 0.1) is 0 Å². The van der Waals surface area contributed by atoms with Crippen molar-refractivity contribution in [2.24, 2.45) is 5.73 Å². The van der Waals surface area contributed by atoms with E-state index in [0.29, 0.717) is 11.4 Å². The number of halogens is 3. The lowest BCUT2D eigenvalue weighted by molar-refractivity contribution is -0.274. The first-order chi connectivity index (χ1) is 10.1. The van der Waals surface area contributed by atoms with Gasteiger partial charge in [0.15, 0.2) is 0 Å². The van der Waals surface area contributed by atoms with Crippen molar-refractivity contribution in [3.8, 4) is 11.4 Å². The lowest BCUT2D eigenvalue weighted by Crippen LogP contribution is -2.17. The van der Waals surface area contributed by atoms with Crippen LogP contribution in [0.1, 0.15) is 32.2 Å². The van der Waals surface area contributed by atoms with E-state index in [4.69, 9.17) is 5.73 Å². The minimum Gasteiger partial charge on any atom is -0.406 e. The zero-order chi connectivity index (χ0) is 16.5. The van der Waals surface area contributed by atoms with Gasteiger partial charge in [0.1, 0.15) is 5.75 Å². The third kappa shape index (κ3) is 3.79. The summed E-state index contributed by atoms with van der Waals surface area (Å²) < 4.78 is 42.4. The Morgan fingerprint density at radius 3 is 2.41 bits per heavy atom. The van der Waals surface area contributed by atoms with Crippen molar-refractivity contribution in [1.82, 2.24) is 9.78 Å². The Morgan fingerprint density at radius 1 is 1.18 bits per heavy atom. The predicted molar refractivity (Wildman–Crippen MR) is 76.8 cm³/mol. The number of hydrogen-bond donors (Lipinski definition) is 1. The Morgan fingerprint density at radius 2 is 1.86 bits per heavy atom. The van der Waals surface area contributed by atoms with Crippen molar-refractivity contribution in [3.63, 3.8) is 0 Å². The molecule has 0 spiro atoms. The van der Waals surface area contributed by atoms with Crippen LogP contribution in [-0.4, -0.2) is 16.1 Å². The molecule has 0 saturated heterocycles. The molecule has 0 aliphatic carbocycles. The second-order valence-corrected chi connectivity index (χ2v) is 5.93. The lowest BCUT2D eigenvalue weighted by atomic mass is 9.92. The van der Waals surface area contributed by atoms with Gasteiger partial charge in [-0.2, -0.15) is 5.10 Å². The van der Waals surface area contributed by atoms with E-state index in [9.17, 15) is 13.2 Å². The average molecular weight is 313 g/mol. The van der Waals surface area contributed by atoms with Gasteiger partial charge in [0.25, 0.3) is 0 Å². The third-order valence-corrected chi connectivity index (χ3v) is 3.06. The highest BCUT2D eigenvalue weighted by molar-refractivity contribution is 5.40. The van der Waals surface area contributed by atoms with E-state index in [1.807, 2.05) is 26.8 Å². The van der Waals surface area contributed by atoms with Gasteiger partial charge < -0.3 is 10.5 Å². The fourth-order valence-electron chi connectivity index (χ4n) is 1.97. The number of ether oxygens (including phenoxy) is 1. The lowest BCUT2D eigenvalue weighted by Gasteiger charge is -2.14. The molecule has 1 aromatic carbocycles. The molecule has 22 heavy (non-hydrogen) atoms. The molecule has 7 heteroatoms. The minimum atomic E-state index is -4.73. The largest absolute Gasteiger partial charge is 0.573 e. The first kappa shape index (κ1) is 16.4. The van der Waals surface area contributed by atoms with E-state index in [0.717, 1.165) is 5.69 Å². The Kier molecular flexibility index (Phi) is 4.19. The number of nitrogens with zero attached hydrogens (tertiary/aromatic N) is 2. The van der Waals surface area contributed by atoms with Crippen LogP contribution in [0.25, 0.3) is 5.69 Å². The van der Waals surface area contributed by atoms with Crippen molar-refractivity contribution in [1.29, 1.82) is 0 Å². The van der Waals surface area contributed by atoms with Crippen LogP contribution in [0.4, 0.5) is 13.2 Å². The fourth-order valence-corrected chi connectivity index (χ4v) is 1.97. The topological polar surface area (TPSA) is 53.1 Å². The number of rotatable bonds is 3. The molecule has 0 radical (unpaired) electrons. The molecule has 0 aliphatic rings. The quantitative estimate of drug-likeness (QED) is 0.943. The molecule has 0 atom stereocenters. The maximum atomic E-state index is 12.3. The Labute approximate surface area is 126 Å². The maximum absolute atomic E-state index is 12.3. The standard InChI is InChI=1S/C15H18F3N3O/c1-14(2,3)13-8-11(9-19)21(20-13)10-5-4-6-12(7-10)22-15(16,17)18/h4-8H,9,19H2,1-3H3. The number of aromatic nitrogens is 2. The first-order valence-corrected chi connectivity index (χ1v) is 6.76. The molecular formula is C15H18F3N3O. The summed E-state index contributed by atoms with van der Waals surface area (Å²) in [5, 5.41) is 4.46.